The van der Waals surface area contributed by atoms with Crippen molar-refractivity contribution < 1.29 is 38.1 Å². The van der Waals surface area contributed by atoms with Crippen LogP contribution < -0.4 is 4.74 Å². The smallest absolute Gasteiger partial charge is 0.303 e. The Morgan fingerprint density at radius 3 is 2.26 bits per heavy atom. The molecule has 0 spiro atoms. The Morgan fingerprint density at radius 2 is 1.64 bits per heavy atom. The van der Waals surface area contributed by atoms with E-state index in [0.29, 0.717) is 16.9 Å². The molecule has 2 unspecified atom stereocenters. The number of ether oxygens (including phenoxy) is 5. The van der Waals surface area contributed by atoms with Gasteiger partial charge in [0.25, 0.3) is 0 Å². The number of carbonyl (C=O) groups excluding carboxylic acids is 3. The summed E-state index contributed by atoms with van der Waals surface area (Å²) in [5.74, 6) is -0.700. The second-order valence-electron chi connectivity index (χ2n) is 11.4. The average Bonchev–Trinajstić information content (AvgIpc) is 3.43. The molecule has 2 aromatic carbocycles. The van der Waals surface area contributed by atoms with Crippen molar-refractivity contribution in [3.8, 4) is 5.75 Å². The molecule has 1 aliphatic heterocycles. The highest BCUT2D eigenvalue weighted by Crippen LogP contribution is 2.41. The highest BCUT2D eigenvalue weighted by atomic mass is 35.5. The fraction of sp³-hybridized carbons (Fsp3) is 0.545. The van der Waals surface area contributed by atoms with E-state index < -0.39 is 42.3 Å². The maximum absolute atomic E-state index is 11.9. The van der Waals surface area contributed by atoms with Gasteiger partial charge in [0, 0.05) is 37.6 Å². The largest absolute Gasteiger partial charge is 0.493 e. The molecule has 4 atom stereocenters. The van der Waals surface area contributed by atoms with Crippen LogP contribution in [0.4, 0.5) is 0 Å². The van der Waals surface area contributed by atoms with Crippen LogP contribution in [0, 0.1) is 5.41 Å². The number of benzene rings is 2. The third-order valence-corrected chi connectivity index (χ3v) is 8.68. The lowest BCUT2D eigenvalue weighted by atomic mass is 9.84. The molecule has 42 heavy (non-hydrogen) atoms. The van der Waals surface area contributed by atoms with Crippen molar-refractivity contribution >= 4 is 29.5 Å². The Bertz CT molecular complexity index is 1240. The van der Waals surface area contributed by atoms with Crippen molar-refractivity contribution in [2.24, 2.45) is 5.41 Å². The van der Waals surface area contributed by atoms with Crippen LogP contribution in [0.25, 0.3) is 0 Å². The summed E-state index contributed by atoms with van der Waals surface area (Å²) in [5, 5.41) is 0.617. The predicted molar refractivity (Wildman–Crippen MR) is 157 cm³/mol. The summed E-state index contributed by atoms with van der Waals surface area (Å²) in [5.41, 5.74) is 3.11. The molecule has 0 bridgehead atoms. The Hall–Kier alpha value is -3.10. The van der Waals surface area contributed by atoms with E-state index in [9.17, 15) is 14.4 Å². The van der Waals surface area contributed by atoms with Crippen LogP contribution in [0.2, 0.25) is 5.02 Å². The summed E-state index contributed by atoms with van der Waals surface area (Å²) >= 11 is 6.61. The molecule has 2 aliphatic rings. The first-order valence-electron chi connectivity index (χ1n) is 14.7. The molecule has 0 radical (unpaired) electrons. The number of carbonyl (C=O) groups is 3. The molecule has 0 aromatic heterocycles. The Morgan fingerprint density at radius 1 is 0.952 bits per heavy atom. The van der Waals surface area contributed by atoms with Gasteiger partial charge in [-0.3, -0.25) is 14.4 Å². The van der Waals surface area contributed by atoms with Gasteiger partial charge in [-0.15, -0.1) is 0 Å². The van der Waals surface area contributed by atoms with E-state index >= 15 is 0 Å². The molecule has 1 heterocycles. The van der Waals surface area contributed by atoms with E-state index in [1.807, 2.05) is 30.3 Å². The fourth-order valence-corrected chi connectivity index (χ4v) is 6.15. The van der Waals surface area contributed by atoms with Gasteiger partial charge < -0.3 is 23.7 Å². The van der Waals surface area contributed by atoms with Crippen LogP contribution in [0.1, 0.15) is 89.0 Å². The topological polar surface area (TPSA) is 97.4 Å². The Labute approximate surface area is 252 Å². The molecule has 2 fully saturated rings. The quantitative estimate of drug-likeness (QED) is 0.212. The highest BCUT2D eigenvalue weighted by Gasteiger charge is 2.44. The molecular formula is C33H41ClO8. The number of halogens is 1. The maximum atomic E-state index is 11.9. The normalized spacial score (nSPS) is 23.2. The van der Waals surface area contributed by atoms with Crippen molar-refractivity contribution in [2.45, 2.75) is 97.1 Å². The number of esters is 3. The van der Waals surface area contributed by atoms with E-state index in [2.05, 4.69) is 19.1 Å². The number of rotatable bonds is 11. The van der Waals surface area contributed by atoms with Crippen molar-refractivity contribution in [3.63, 3.8) is 0 Å². The van der Waals surface area contributed by atoms with Crippen molar-refractivity contribution in [1.82, 2.24) is 0 Å². The Balaban J connectivity index is 1.49. The van der Waals surface area contributed by atoms with Gasteiger partial charge in [-0.05, 0) is 60.6 Å². The van der Waals surface area contributed by atoms with E-state index in [-0.39, 0.29) is 13.0 Å². The van der Waals surface area contributed by atoms with Gasteiger partial charge in [-0.2, -0.15) is 0 Å². The van der Waals surface area contributed by atoms with Gasteiger partial charge in [0.15, 0.2) is 6.10 Å². The maximum Gasteiger partial charge on any atom is 0.303 e. The van der Waals surface area contributed by atoms with Gasteiger partial charge in [0.1, 0.15) is 24.6 Å². The summed E-state index contributed by atoms with van der Waals surface area (Å²) in [6.07, 6.45) is 3.97. The summed E-state index contributed by atoms with van der Waals surface area (Å²) in [4.78, 5) is 35.3. The van der Waals surface area contributed by atoms with Crippen LogP contribution in [-0.4, -0.2) is 49.4 Å². The minimum atomic E-state index is -0.921. The molecule has 0 N–H and O–H groups in total. The monoisotopic (exact) mass is 600 g/mol. The SMILES string of the molecule is CCC1(COc2ccc(Cc3cc([C@@H]4CC(OC(C)=O)[C@H](OC(C)=O)C(COC(C)=O)O4)ccc3Cl)cc2)CCCC1. The molecule has 0 amide bonds. The van der Waals surface area contributed by atoms with Crippen LogP contribution in [0.5, 0.6) is 5.75 Å². The zero-order chi connectivity index (χ0) is 30.3. The molecule has 1 aliphatic carbocycles. The first-order valence-corrected chi connectivity index (χ1v) is 15.1. The lowest BCUT2D eigenvalue weighted by Crippen LogP contribution is -2.51. The lowest BCUT2D eigenvalue weighted by Gasteiger charge is -2.40. The molecule has 9 heteroatoms. The fourth-order valence-electron chi connectivity index (χ4n) is 5.96. The lowest BCUT2D eigenvalue weighted by molar-refractivity contribution is -0.216. The second kappa shape index (κ2) is 14.4. The summed E-state index contributed by atoms with van der Waals surface area (Å²) in [6.45, 7) is 6.69. The Kier molecular flexibility index (Phi) is 10.9. The van der Waals surface area contributed by atoms with Crippen molar-refractivity contribution in [1.29, 1.82) is 0 Å². The molecule has 1 saturated carbocycles. The standard InChI is InChI=1S/C33H41ClO8/c1-5-33(14-6-7-15-33)20-39-27-11-8-24(9-12-27)16-26-17-25(10-13-28(26)34)29-18-30(40-22(3)36)32(41-23(4)37)31(42-29)19-38-21(2)35/h8-13,17,29-32H,5-7,14-16,18-20H2,1-4H3/t29-,30?,31?,32-/m0/s1. The van der Waals surface area contributed by atoms with Crippen LogP contribution in [0.3, 0.4) is 0 Å². The van der Waals surface area contributed by atoms with Gasteiger partial charge in [0.2, 0.25) is 0 Å². The van der Waals surface area contributed by atoms with Gasteiger partial charge >= 0.3 is 17.9 Å². The van der Waals surface area contributed by atoms with E-state index in [4.69, 9.17) is 35.3 Å². The van der Waals surface area contributed by atoms with Gasteiger partial charge in [-0.1, -0.05) is 55.6 Å². The second-order valence-corrected chi connectivity index (χ2v) is 11.9. The zero-order valence-corrected chi connectivity index (χ0v) is 25.6. The van der Waals surface area contributed by atoms with Crippen LogP contribution >= 0.6 is 11.6 Å². The third-order valence-electron chi connectivity index (χ3n) is 8.31. The molecule has 4 rings (SSSR count). The van der Waals surface area contributed by atoms with E-state index in [1.54, 1.807) is 0 Å². The van der Waals surface area contributed by atoms with Crippen molar-refractivity contribution in [2.75, 3.05) is 13.2 Å². The van der Waals surface area contributed by atoms with Crippen LogP contribution in [-0.2, 0) is 39.8 Å². The van der Waals surface area contributed by atoms with E-state index in [0.717, 1.165) is 35.5 Å². The molecule has 228 valence electrons. The first-order chi connectivity index (χ1) is 20.1. The molecule has 8 nitrogen and oxygen atoms in total. The predicted octanol–water partition coefficient (Wildman–Crippen LogP) is 6.54. The summed E-state index contributed by atoms with van der Waals surface area (Å²) in [6, 6.07) is 13.8. The highest BCUT2D eigenvalue weighted by molar-refractivity contribution is 6.31. The number of hydrogen-bond acceptors (Lipinski definition) is 8. The molecule has 2 aromatic rings. The van der Waals surface area contributed by atoms with Crippen LogP contribution in [0.15, 0.2) is 42.5 Å². The summed E-state index contributed by atoms with van der Waals surface area (Å²) < 4.78 is 28.7. The average molecular weight is 601 g/mol. The minimum Gasteiger partial charge on any atom is -0.493 e. The molecule has 1 saturated heterocycles. The molecular weight excluding hydrogens is 560 g/mol. The van der Waals surface area contributed by atoms with Gasteiger partial charge in [0.05, 0.1) is 12.7 Å². The minimum absolute atomic E-state index is 0.157. The first kappa shape index (κ1) is 31.8. The zero-order valence-electron chi connectivity index (χ0n) is 24.9. The number of hydrogen-bond donors (Lipinski definition) is 0. The van der Waals surface area contributed by atoms with E-state index in [1.165, 1.54) is 46.5 Å². The van der Waals surface area contributed by atoms with Gasteiger partial charge in [-0.25, -0.2) is 0 Å². The summed E-state index contributed by atoms with van der Waals surface area (Å²) in [7, 11) is 0. The third kappa shape index (κ3) is 8.48. The van der Waals surface area contributed by atoms with Crippen molar-refractivity contribution in [3.05, 3.63) is 64.2 Å².